The van der Waals surface area contributed by atoms with Crippen LogP contribution in [0, 0.1) is 0 Å². The molecule has 7 rings (SSSR count). The van der Waals surface area contributed by atoms with Gasteiger partial charge in [-0.1, -0.05) is 103 Å². The number of ether oxygens (including phenoxy) is 1. The van der Waals surface area contributed by atoms with Crippen molar-refractivity contribution in [2.75, 3.05) is 0 Å². The van der Waals surface area contributed by atoms with Crippen molar-refractivity contribution in [1.29, 1.82) is 0 Å². The number of hydrogen-bond donors (Lipinski definition) is 0. The summed E-state index contributed by atoms with van der Waals surface area (Å²) in [5.41, 5.74) is 5.23. The maximum absolute atomic E-state index is 6.41. The van der Waals surface area contributed by atoms with Gasteiger partial charge in [0.05, 0.1) is 5.52 Å². The molecule has 1 fully saturated rings. The molecule has 6 aromatic rings. The Morgan fingerprint density at radius 1 is 0.750 bits per heavy atom. The Labute approximate surface area is 238 Å². The number of benzene rings is 4. The first-order valence-electron chi connectivity index (χ1n) is 13.6. The summed E-state index contributed by atoms with van der Waals surface area (Å²) in [6.07, 6.45) is 3.86. The van der Waals surface area contributed by atoms with Crippen LogP contribution in [0.1, 0.15) is 36.5 Å². The highest BCUT2D eigenvalue weighted by molar-refractivity contribution is 6.29. The lowest BCUT2D eigenvalue weighted by Gasteiger charge is -2.37. The van der Waals surface area contributed by atoms with Crippen LogP contribution in [0.4, 0.5) is 0 Å². The summed E-state index contributed by atoms with van der Waals surface area (Å²) >= 11 is 6.39. The summed E-state index contributed by atoms with van der Waals surface area (Å²) in [6, 6.07) is 42.0. The number of nitrogens with zero attached hydrogens (tertiary/aromatic N) is 3. The number of rotatable bonds is 7. The Bertz CT molecular complexity index is 1700. The number of hydrogen-bond acceptors (Lipinski definition) is 3. The van der Waals surface area contributed by atoms with Crippen LogP contribution in [0.5, 0.6) is 5.75 Å². The highest BCUT2D eigenvalue weighted by atomic mass is 35.5. The molecule has 1 aliphatic carbocycles. The monoisotopic (exact) mass is 541 g/mol. The van der Waals surface area contributed by atoms with Crippen molar-refractivity contribution < 1.29 is 4.74 Å². The van der Waals surface area contributed by atoms with Crippen LogP contribution >= 0.6 is 11.6 Å². The zero-order valence-corrected chi connectivity index (χ0v) is 22.9. The van der Waals surface area contributed by atoms with E-state index >= 15 is 0 Å². The topological polar surface area (TPSA) is 39.9 Å². The molecule has 1 saturated carbocycles. The lowest BCUT2D eigenvalue weighted by atomic mass is 9.77. The highest BCUT2D eigenvalue weighted by Crippen LogP contribution is 2.45. The number of fused-ring (bicyclic) bond motifs is 1. The minimum atomic E-state index is -0.748. The van der Waals surface area contributed by atoms with Crippen LogP contribution in [0.2, 0.25) is 5.15 Å². The molecular weight excluding hydrogens is 514 g/mol. The van der Waals surface area contributed by atoms with E-state index in [1.165, 1.54) is 0 Å². The lowest BCUT2D eigenvalue weighted by Crippen LogP contribution is -2.38. The summed E-state index contributed by atoms with van der Waals surface area (Å²) < 4.78 is 8.58. The van der Waals surface area contributed by atoms with Crippen LogP contribution in [0.25, 0.3) is 22.2 Å². The molecule has 0 atom stereocenters. The van der Waals surface area contributed by atoms with Crippen molar-refractivity contribution in [2.45, 2.75) is 30.9 Å². The normalized spacial score (nSPS) is 14.2. The quantitative estimate of drug-likeness (QED) is 0.150. The Kier molecular flexibility index (Phi) is 5.94. The average Bonchev–Trinajstić information content (AvgIpc) is 3.60. The minimum absolute atomic E-state index is 0.0916. The smallest absolute Gasteiger partial charge is 0.138 e. The van der Waals surface area contributed by atoms with Crippen molar-refractivity contribution >= 4 is 22.5 Å². The molecule has 0 amide bonds. The first-order valence-corrected chi connectivity index (χ1v) is 14.0. The Morgan fingerprint density at radius 2 is 1.32 bits per heavy atom. The van der Waals surface area contributed by atoms with E-state index in [4.69, 9.17) is 21.4 Å². The third-order valence-electron chi connectivity index (χ3n) is 7.86. The van der Waals surface area contributed by atoms with E-state index in [1.54, 1.807) is 6.20 Å². The number of aromatic nitrogens is 3. The fourth-order valence-corrected chi connectivity index (χ4v) is 5.82. The Morgan fingerprint density at radius 3 is 1.85 bits per heavy atom. The van der Waals surface area contributed by atoms with E-state index < -0.39 is 5.54 Å². The third-order valence-corrected chi connectivity index (χ3v) is 8.07. The molecule has 0 aliphatic heterocycles. The van der Waals surface area contributed by atoms with E-state index in [0.29, 0.717) is 5.15 Å². The summed E-state index contributed by atoms with van der Waals surface area (Å²) in [6.45, 7) is 2.16. The summed E-state index contributed by atoms with van der Waals surface area (Å²) in [4.78, 5) is 4.22. The molecule has 0 saturated heterocycles. The van der Waals surface area contributed by atoms with Crippen LogP contribution in [0.15, 0.2) is 128 Å². The molecule has 0 radical (unpaired) electrons. The summed E-state index contributed by atoms with van der Waals surface area (Å²) in [7, 11) is 0. The SMILES string of the molecule is CC1(Oc2ccc3c(c2)c(-c2ccnc(Cl)c2)nn3C(c2ccccc2)(c2ccccc2)c2ccccc2)CC1. The van der Waals surface area contributed by atoms with E-state index in [1.807, 2.05) is 12.1 Å². The van der Waals surface area contributed by atoms with Gasteiger partial charge in [0.15, 0.2) is 0 Å². The van der Waals surface area contributed by atoms with Gasteiger partial charge >= 0.3 is 0 Å². The Hall–Kier alpha value is -4.41. The van der Waals surface area contributed by atoms with Gasteiger partial charge in [0.1, 0.15) is 27.7 Å². The predicted octanol–water partition coefficient (Wildman–Crippen LogP) is 8.52. The van der Waals surface area contributed by atoms with Crippen molar-refractivity contribution in [3.63, 3.8) is 0 Å². The maximum atomic E-state index is 6.41. The molecule has 0 unspecified atom stereocenters. The van der Waals surface area contributed by atoms with E-state index in [0.717, 1.165) is 57.4 Å². The van der Waals surface area contributed by atoms with Crippen molar-refractivity contribution in [2.24, 2.45) is 0 Å². The van der Waals surface area contributed by atoms with Gasteiger partial charge in [-0.25, -0.2) is 9.67 Å². The third kappa shape index (κ3) is 4.16. The molecule has 5 heteroatoms. The van der Waals surface area contributed by atoms with Gasteiger partial charge in [0.2, 0.25) is 0 Å². The lowest BCUT2D eigenvalue weighted by molar-refractivity contribution is 0.200. The van der Waals surface area contributed by atoms with Gasteiger partial charge in [0, 0.05) is 17.1 Å². The largest absolute Gasteiger partial charge is 0.488 e. The van der Waals surface area contributed by atoms with Gasteiger partial charge in [-0.2, -0.15) is 5.10 Å². The van der Waals surface area contributed by atoms with Gasteiger partial charge in [0.25, 0.3) is 0 Å². The summed E-state index contributed by atoms with van der Waals surface area (Å²) in [5, 5.41) is 6.86. The van der Waals surface area contributed by atoms with E-state index in [9.17, 15) is 0 Å². The minimum Gasteiger partial charge on any atom is -0.488 e. The molecule has 0 N–H and O–H groups in total. The zero-order chi connectivity index (χ0) is 27.2. The maximum Gasteiger partial charge on any atom is 0.138 e. The first-order chi connectivity index (χ1) is 19.6. The first kappa shape index (κ1) is 24.6. The van der Waals surface area contributed by atoms with E-state index in [2.05, 4.69) is 126 Å². The van der Waals surface area contributed by atoms with Crippen molar-refractivity contribution in [1.82, 2.24) is 14.8 Å². The molecule has 4 aromatic carbocycles. The standard InChI is InChI=1S/C35H28ClN3O/c1-34(20-21-34)40-29-17-18-31-30(24-29)33(25-19-22-37-32(36)23-25)38-39(31)35(26-11-5-2-6-12-26,27-13-7-3-8-14-27)28-15-9-4-10-16-28/h2-19,22-24H,20-21H2,1H3. The van der Waals surface area contributed by atoms with Crippen LogP contribution in [-0.2, 0) is 5.54 Å². The van der Waals surface area contributed by atoms with E-state index in [-0.39, 0.29) is 5.60 Å². The van der Waals surface area contributed by atoms with Crippen molar-refractivity contribution in [3.05, 3.63) is 149 Å². The second-order valence-electron chi connectivity index (χ2n) is 10.7. The second-order valence-corrected chi connectivity index (χ2v) is 11.1. The van der Waals surface area contributed by atoms with Crippen LogP contribution in [0.3, 0.4) is 0 Å². The van der Waals surface area contributed by atoms with Gasteiger partial charge in [-0.3, -0.25) is 0 Å². The van der Waals surface area contributed by atoms with Gasteiger partial charge in [-0.15, -0.1) is 0 Å². The molecule has 0 spiro atoms. The van der Waals surface area contributed by atoms with Gasteiger partial charge in [-0.05, 0) is 66.8 Å². The molecular formula is C35H28ClN3O. The molecule has 1 aliphatic rings. The zero-order valence-electron chi connectivity index (χ0n) is 22.2. The average molecular weight is 542 g/mol. The van der Waals surface area contributed by atoms with Crippen LogP contribution in [-0.4, -0.2) is 20.4 Å². The molecule has 0 bridgehead atoms. The van der Waals surface area contributed by atoms with Crippen molar-refractivity contribution in [3.8, 4) is 17.0 Å². The van der Waals surface area contributed by atoms with Gasteiger partial charge < -0.3 is 4.74 Å². The fraction of sp³-hybridized carbons (Fsp3) is 0.143. The Balaban J connectivity index is 1.59. The highest BCUT2D eigenvalue weighted by Gasteiger charge is 2.42. The second kappa shape index (κ2) is 9.65. The van der Waals surface area contributed by atoms with Crippen LogP contribution < -0.4 is 4.74 Å². The molecule has 4 nitrogen and oxygen atoms in total. The molecule has 2 aromatic heterocycles. The fourth-order valence-electron chi connectivity index (χ4n) is 5.65. The molecule has 40 heavy (non-hydrogen) atoms. The molecule has 196 valence electrons. The molecule has 2 heterocycles. The summed E-state index contributed by atoms with van der Waals surface area (Å²) in [5.74, 6) is 0.846. The number of pyridine rings is 1. The predicted molar refractivity (Wildman–Crippen MR) is 161 cm³/mol. The number of halogens is 1.